The van der Waals surface area contributed by atoms with Gasteiger partial charge in [-0.15, -0.1) is 0 Å². The Morgan fingerprint density at radius 3 is 2.20 bits per heavy atom. The topological polar surface area (TPSA) is 82.8 Å². The van der Waals surface area contributed by atoms with Gasteiger partial charge in [0.15, 0.2) is 5.75 Å². The number of aryl methyl sites for hydroxylation is 1. The quantitative estimate of drug-likeness (QED) is 0.125. The fourth-order valence-corrected chi connectivity index (χ4v) is 11.3. The third kappa shape index (κ3) is 5.26. The number of pyridine rings is 1. The average Bonchev–Trinajstić information content (AvgIpc) is 3.18. The van der Waals surface area contributed by atoms with Crippen LogP contribution in [0.1, 0.15) is 59.6 Å². The Bertz CT molecular complexity index is 1510. The van der Waals surface area contributed by atoms with E-state index in [1.807, 2.05) is 6.07 Å². The maximum atomic E-state index is 13.5. The summed E-state index contributed by atoms with van der Waals surface area (Å²) in [6, 6.07) is 8.23. The number of halogens is 1. The van der Waals surface area contributed by atoms with Gasteiger partial charge in [-0.05, 0) is 59.3 Å². The Kier molecular flexibility index (Phi) is 8.44. The van der Waals surface area contributed by atoms with Crippen molar-refractivity contribution in [3.8, 4) is 17.4 Å². The van der Waals surface area contributed by atoms with Gasteiger partial charge in [0.2, 0.25) is 5.88 Å². The van der Waals surface area contributed by atoms with Gasteiger partial charge in [0, 0.05) is 24.8 Å². The van der Waals surface area contributed by atoms with Gasteiger partial charge in [0.1, 0.15) is 17.1 Å². The Labute approximate surface area is 236 Å². The van der Waals surface area contributed by atoms with Crippen LogP contribution >= 0.6 is 0 Å². The Morgan fingerprint density at radius 1 is 1.00 bits per heavy atom. The molecule has 0 aliphatic heterocycles. The predicted molar refractivity (Wildman–Crippen MR) is 158 cm³/mol. The number of nitrogens with zero attached hydrogens (tertiary/aromatic N) is 2. The summed E-state index contributed by atoms with van der Waals surface area (Å²) in [5.74, 6) is 0.435. The zero-order valence-corrected chi connectivity index (χ0v) is 25.5. The fraction of sp³-hybridized carbons (Fsp3) is 0.419. The number of rotatable bonds is 9. The van der Waals surface area contributed by atoms with Crippen LogP contribution < -0.4 is 9.16 Å². The Morgan fingerprint density at radius 2 is 1.62 bits per heavy atom. The third-order valence-electron chi connectivity index (χ3n) is 7.78. The van der Waals surface area contributed by atoms with Crippen LogP contribution in [0.4, 0.5) is 9.18 Å². The summed E-state index contributed by atoms with van der Waals surface area (Å²) in [4.78, 5) is 17.4. The van der Waals surface area contributed by atoms with Crippen molar-refractivity contribution in [2.45, 2.75) is 71.5 Å². The standard InChI is InChI=1S/C31H39FN2O5Si/c1-9-37-31(36)38-28-24-15-22(14-21-10-12-23(32)13-11-21)16-33-27(24)29(26-25(28)17-34(8)30(26)35)39-40(18(2)3,19(4)5)20(6)7/h10-13,15-20,35H,9,14H2,1-8H3. The third-order valence-corrected chi connectivity index (χ3v) is 13.8. The van der Waals surface area contributed by atoms with Crippen LogP contribution in [0.3, 0.4) is 0 Å². The van der Waals surface area contributed by atoms with Gasteiger partial charge in [-0.25, -0.2) is 9.18 Å². The van der Waals surface area contributed by atoms with Crippen LogP contribution in [0.5, 0.6) is 17.4 Å². The summed E-state index contributed by atoms with van der Waals surface area (Å²) in [5, 5.41) is 12.8. The molecule has 9 heteroatoms. The minimum atomic E-state index is -2.49. The molecule has 0 atom stereocenters. The van der Waals surface area contributed by atoms with E-state index in [9.17, 15) is 14.3 Å². The van der Waals surface area contributed by atoms with E-state index >= 15 is 0 Å². The van der Waals surface area contributed by atoms with Crippen molar-refractivity contribution in [1.29, 1.82) is 0 Å². The number of fused-ring (bicyclic) bond motifs is 2. The van der Waals surface area contributed by atoms with E-state index in [1.165, 1.54) is 12.1 Å². The molecule has 0 unspecified atom stereocenters. The van der Waals surface area contributed by atoms with Gasteiger partial charge in [-0.3, -0.25) is 4.98 Å². The number of carbonyl (C=O) groups is 1. The van der Waals surface area contributed by atoms with Gasteiger partial charge < -0.3 is 23.6 Å². The first-order chi connectivity index (χ1) is 18.9. The molecule has 0 saturated heterocycles. The molecule has 7 nitrogen and oxygen atoms in total. The molecule has 4 rings (SSSR count). The SMILES string of the molecule is CCOC(=O)Oc1c2cc(Cc3ccc(F)cc3)cnc2c(O[Si](C(C)C)(C(C)C)C(C)C)c2c(O)n(C)cc12. The number of ether oxygens (including phenoxy) is 2. The second kappa shape index (κ2) is 11.5. The molecule has 0 bridgehead atoms. The lowest BCUT2D eigenvalue weighted by Crippen LogP contribution is -2.50. The van der Waals surface area contributed by atoms with Crippen LogP contribution in [0, 0.1) is 5.82 Å². The molecule has 0 fully saturated rings. The monoisotopic (exact) mass is 566 g/mol. The average molecular weight is 567 g/mol. The first-order valence-electron chi connectivity index (χ1n) is 13.8. The molecule has 0 radical (unpaired) electrons. The van der Waals surface area contributed by atoms with Crippen LogP contribution in [0.2, 0.25) is 16.6 Å². The number of benzene rings is 2. The van der Waals surface area contributed by atoms with Gasteiger partial charge in [-0.2, -0.15) is 0 Å². The predicted octanol–water partition coefficient (Wildman–Crippen LogP) is 8.25. The van der Waals surface area contributed by atoms with Gasteiger partial charge in [-0.1, -0.05) is 53.7 Å². The number of aromatic nitrogens is 2. The van der Waals surface area contributed by atoms with E-state index < -0.39 is 14.5 Å². The highest BCUT2D eigenvalue weighted by atomic mass is 28.4. The largest absolute Gasteiger partial charge is 0.541 e. The molecule has 2 aromatic heterocycles. The van der Waals surface area contributed by atoms with Crippen molar-refractivity contribution >= 4 is 36.1 Å². The fourth-order valence-electron chi connectivity index (χ4n) is 6.04. The molecule has 214 valence electrons. The Balaban J connectivity index is 2.04. The van der Waals surface area contributed by atoms with E-state index in [0.29, 0.717) is 33.8 Å². The lowest BCUT2D eigenvalue weighted by Gasteiger charge is -2.42. The highest BCUT2D eigenvalue weighted by Crippen LogP contribution is 2.51. The molecular weight excluding hydrogens is 527 g/mol. The lowest BCUT2D eigenvalue weighted by molar-refractivity contribution is 0.105. The number of hydrogen-bond acceptors (Lipinski definition) is 6. The summed E-state index contributed by atoms with van der Waals surface area (Å²) in [6.45, 7) is 15.0. The molecule has 0 amide bonds. The molecule has 2 aromatic carbocycles. The zero-order valence-electron chi connectivity index (χ0n) is 24.5. The summed E-state index contributed by atoms with van der Waals surface area (Å²) in [5.41, 5.74) is 3.08. The van der Waals surface area contributed by atoms with Gasteiger partial charge >= 0.3 is 6.16 Å². The van der Waals surface area contributed by atoms with E-state index in [1.54, 1.807) is 43.1 Å². The highest BCUT2D eigenvalue weighted by Gasteiger charge is 2.48. The van der Waals surface area contributed by atoms with Gasteiger partial charge in [0.05, 0.1) is 17.4 Å². The highest BCUT2D eigenvalue weighted by molar-refractivity contribution is 6.78. The van der Waals surface area contributed by atoms with Crippen molar-refractivity contribution in [3.05, 3.63) is 59.7 Å². The zero-order chi connectivity index (χ0) is 29.4. The first-order valence-corrected chi connectivity index (χ1v) is 15.9. The van der Waals surface area contributed by atoms with E-state index in [0.717, 1.165) is 11.1 Å². The summed E-state index contributed by atoms with van der Waals surface area (Å²) in [7, 11) is -0.761. The van der Waals surface area contributed by atoms with Crippen molar-refractivity contribution in [3.63, 3.8) is 0 Å². The van der Waals surface area contributed by atoms with Gasteiger partial charge in [0.25, 0.3) is 8.32 Å². The maximum Gasteiger partial charge on any atom is 0.513 e. The van der Waals surface area contributed by atoms with Crippen molar-refractivity contribution in [2.24, 2.45) is 7.05 Å². The number of carbonyl (C=O) groups excluding carboxylic acids is 1. The van der Waals surface area contributed by atoms with Crippen molar-refractivity contribution in [2.75, 3.05) is 6.61 Å². The Hall–Kier alpha value is -3.59. The first kappa shape index (κ1) is 29.4. The molecule has 0 saturated carbocycles. The van der Waals surface area contributed by atoms with Crippen LogP contribution in [-0.2, 0) is 18.2 Å². The molecule has 1 N–H and O–H groups in total. The maximum absolute atomic E-state index is 13.5. The minimum absolute atomic E-state index is 0.00281. The molecule has 4 aromatic rings. The summed E-state index contributed by atoms with van der Waals surface area (Å²) in [6.07, 6.45) is 3.13. The smallest absolute Gasteiger partial charge is 0.513 e. The molecule has 0 spiro atoms. The van der Waals surface area contributed by atoms with E-state index in [2.05, 4.69) is 41.5 Å². The number of hydrogen-bond donors (Lipinski definition) is 1. The summed E-state index contributed by atoms with van der Waals surface area (Å²) >= 11 is 0. The van der Waals surface area contributed by atoms with Crippen molar-refractivity contribution < 1.29 is 28.2 Å². The second-order valence-corrected chi connectivity index (χ2v) is 16.6. The summed E-state index contributed by atoms with van der Waals surface area (Å²) < 4.78 is 33.1. The van der Waals surface area contributed by atoms with Crippen LogP contribution in [0.25, 0.3) is 21.7 Å². The van der Waals surface area contributed by atoms with Crippen molar-refractivity contribution in [1.82, 2.24) is 9.55 Å². The van der Waals surface area contributed by atoms with E-state index in [4.69, 9.17) is 18.9 Å². The molecular formula is C31H39FN2O5Si. The second-order valence-electron chi connectivity index (χ2n) is 11.3. The van der Waals surface area contributed by atoms with Crippen LogP contribution in [-0.4, -0.2) is 35.7 Å². The molecule has 0 aliphatic rings. The minimum Gasteiger partial charge on any atom is -0.541 e. The number of aromatic hydroxyl groups is 1. The van der Waals surface area contributed by atoms with Crippen LogP contribution in [0.15, 0.2) is 42.7 Å². The molecule has 2 heterocycles. The normalized spacial score (nSPS) is 12.2. The van der Waals surface area contributed by atoms with E-state index in [-0.39, 0.29) is 40.7 Å². The molecule has 40 heavy (non-hydrogen) atoms. The lowest BCUT2D eigenvalue weighted by atomic mass is 10.0. The molecule has 0 aliphatic carbocycles.